The third-order valence-corrected chi connectivity index (χ3v) is 11.1. The van der Waals surface area contributed by atoms with E-state index in [1.54, 1.807) is 29.6 Å². The van der Waals surface area contributed by atoms with Crippen molar-refractivity contribution < 1.29 is 29.7 Å². The highest BCUT2D eigenvalue weighted by atomic mass is 32.1. The molecule has 0 unspecified atom stereocenters. The van der Waals surface area contributed by atoms with E-state index in [1.807, 2.05) is 72.4 Å². The Kier molecular flexibility index (Phi) is 18.3. The number of carbonyl (C=O) groups excluding carboxylic acids is 3. The highest BCUT2D eigenvalue weighted by Gasteiger charge is 2.38. The number of aliphatic hydroxyl groups is 2. The SMILES string of the molecule is C=C(O)[C@@H](C)C[C@H](Cc1ccc(O)cc1)NC(=O)c1csc([C@H](O)C[C@H](C(C)C)N(CCC)C(=O)[C@@H](NC(=O)[C@@H]([C@@H](C)CC)N(C)C)[C@@H](C)CC)n1. The van der Waals surface area contributed by atoms with Gasteiger partial charge in [0.1, 0.15) is 28.6 Å². The monoisotopic (exact) mass is 743 g/mol. The molecular formula is C40H65N5O6S. The number of allylic oxidation sites excluding steroid dienone is 1. The molecule has 0 saturated carbocycles. The van der Waals surface area contributed by atoms with Gasteiger partial charge in [-0.15, -0.1) is 11.3 Å². The molecule has 8 atom stereocenters. The molecule has 1 aromatic heterocycles. The van der Waals surface area contributed by atoms with Gasteiger partial charge in [-0.1, -0.05) is 86.9 Å². The van der Waals surface area contributed by atoms with Crippen molar-refractivity contribution in [2.75, 3.05) is 20.6 Å². The van der Waals surface area contributed by atoms with Gasteiger partial charge in [-0.3, -0.25) is 19.3 Å². The first kappa shape index (κ1) is 44.7. The van der Waals surface area contributed by atoms with Crippen LogP contribution in [0.1, 0.15) is 115 Å². The standard InChI is InChI=1S/C40H65N5O6S/c1-12-19-45(40(51)35(25(6)13-2)43-38(50)36(44(10)11)26(7)14-3)33(24(4)5)22-34(48)39-42-32(23-52-39)37(49)41-30(20-27(8)28(9)46)21-29-15-17-31(47)18-16-29/h15-18,23-27,30,33-36,46-48H,9,12-14,19-22H2,1-8,10-11H3,(H,41,49)(H,43,50)/t25-,26-,27-,30+,33+,34+,35-,36+/m0/s1. The van der Waals surface area contributed by atoms with Crippen LogP contribution >= 0.6 is 11.3 Å². The number of phenols is 1. The predicted molar refractivity (Wildman–Crippen MR) is 209 cm³/mol. The van der Waals surface area contributed by atoms with Crippen molar-refractivity contribution in [1.29, 1.82) is 0 Å². The number of nitrogens with zero attached hydrogens (tertiary/aromatic N) is 3. The van der Waals surface area contributed by atoms with Gasteiger partial charge in [-0.2, -0.15) is 0 Å². The third-order valence-electron chi connectivity index (χ3n) is 10.2. The third kappa shape index (κ3) is 12.9. The van der Waals surface area contributed by atoms with E-state index in [0.29, 0.717) is 37.2 Å². The minimum absolute atomic E-state index is 0.0141. The molecule has 11 nitrogen and oxygen atoms in total. The van der Waals surface area contributed by atoms with Crippen molar-refractivity contribution in [2.24, 2.45) is 23.7 Å². The molecule has 0 aliphatic carbocycles. The normalized spacial score (nSPS) is 16.3. The minimum Gasteiger partial charge on any atom is -0.513 e. The number of aromatic hydroxyl groups is 1. The summed E-state index contributed by atoms with van der Waals surface area (Å²) in [5, 5.41) is 39.3. The number of amides is 3. The van der Waals surface area contributed by atoms with Crippen LogP contribution in [0.25, 0.3) is 0 Å². The lowest BCUT2D eigenvalue weighted by atomic mass is 9.91. The van der Waals surface area contributed by atoms with E-state index < -0.39 is 18.1 Å². The quantitative estimate of drug-likeness (QED) is 0.0859. The van der Waals surface area contributed by atoms with Crippen LogP contribution in [-0.4, -0.2) is 92.6 Å². The summed E-state index contributed by atoms with van der Waals surface area (Å²) in [5.41, 5.74) is 1.08. The molecule has 0 bridgehead atoms. The predicted octanol–water partition coefficient (Wildman–Crippen LogP) is 6.48. The van der Waals surface area contributed by atoms with E-state index in [-0.39, 0.29) is 77.2 Å². The molecule has 2 aromatic rings. The Balaban J connectivity index is 2.30. The largest absolute Gasteiger partial charge is 0.513 e. The number of aromatic nitrogens is 1. The van der Waals surface area contributed by atoms with Crippen LogP contribution in [0.4, 0.5) is 0 Å². The van der Waals surface area contributed by atoms with E-state index in [2.05, 4.69) is 29.1 Å². The van der Waals surface area contributed by atoms with Gasteiger partial charge in [0.15, 0.2) is 0 Å². The van der Waals surface area contributed by atoms with Gasteiger partial charge in [-0.05, 0) is 68.8 Å². The first-order valence-electron chi connectivity index (χ1n) is 18.8. The van der Waals surface area contributed by atoms with Crippen molar-refractivity contribution in [3.63, 3.8) is 0 Å². The Bertz CT molecular complexity index is 1430. The van der Waals surface area contributed by atoms with Crippen molar-refractivity contribution >= 4 is 29.1 Å². The van der Waals surface area contributed by atoms with Gasteiger partial charge in [0.25, 0.3) is 5.91 Å². The van der Waals surface area contributed by atoms with Gasteiger partial charge < -0.3 is 30.9 Å². The van der Waals surface area contributed by atoms with Crippen LogP contribution in [-0.2, 0) is 16.0 Å². The number of hydrogen-bond acceptors (Lipinski definition) is 9. The molecule has 1 heterocycles. The lowest BCUT2D eigenvalue weighted by molar-refractivity contribution is -0.142. The molecule has 52 heavy (non-hydrogen) atoms. The molecule has 3 amide bonds. The molecule has 0 fully saturated rings. The number of phenolic OH excluding ortho intramolecular Hbond substituents is 1. The summed E-state index contributed by atoms with van der Waals surface area (Å²) >= 11 is 1.19. The fraction of sp³-hybridized carbons (Fsp3) is 0.650. The molecule has 0 aliphatic heterocycles. The van der Waals surface area contributed by atoms with E-state index in [0.717, 1.165) is 12.0 Å². The summed E-state index contributed by atoms with van der Waals surface area (Å²) in [6, 6.07) is 4.95. The van der Waals surface area contributed by atoms with Crippen molar-refractivity contribution in [3.8, 4) is 5.75 Å². The van der Waals surface area contributed by atoms with Crippen LogP contribution < -0.4 is 10.6 Å². The van der Waals surface area contributed by atoms with E-state index >= 15 is 0 Å². The molecule has 0 aliphatic rings. The van der Waals surface area contributed by atoms with Gasteiger partial charge in [0, 0.05) is 36.3 Å². The molecular weight excluding hydrogens is 679 g/mol. The Morgan fingerprint density at radius 2 is 1.56 bits per heavy atom. The van der Waals surface area contributed by atoms with Crippen LogP contribution in [0.15, 0.2) is 42.0 Å². The lowest BCUT2D eigenvalue weighted by Crippen LogP contribution is -2.59. The average Bonchev–Trinajstić information content (AvgIpc) is 3.59. The number of carbonyl (C=O) groups is 3. The van der Waals surface area contributed by atoms with Gasteiger partial charge >= 0.3 is 0 Å². The maximum Gasteiger partial charge on any atom is 0.270 e. The first-order chi connectivity index (χ1) is 24.4. The summed E-state index contributed by atoms with van der Waals surface area (Å²) in [6.45, 7) is 20.1. The number of aliphatic hydroxyl groups excluding tert-OH is 2. The lowest BCUT2D eigenvalue weighted by Gasteiger charge is -2.39. The van der Waals surface area contributed by atoms with Crippen molar-refractivity contribution in [1.82, 2.24) is 25.4 Å². The molecule has 12 heteroatoms. The molecule has 5 N–H and O–H groups in total. The van der Waals surface area contributed by atoms with Crippen LogP contribution in [0.5, 0.6) is 5.75 Å². The van der Waals surface area contributed by atoms with Crippen molar-refractivity contribution in [2.45, 2.75) is 124 Å². The van der Waals surface area contributed by atoms with Gasteiger partial charge in [0.2, 0.25) is 11.8 Å². The number of nitrogens with one attached hydrogen (secondary N) is 2. The van der Waals surface area contributed by atoms with E-state index in [1.165, 1.54) is 11.3 Å². The molecule has 292 valence electrons. The first-order valence-corrected chi connectivity index (χ1v) is 19.7. The number of hydrogen-bond donors (Lipinski definition) is 5. The van der Waals surface area contributed by atoms with E-state index in [4.69, 9.17) is 0 Å². The van der Waals surface area contributed by atoms with E-state index in [9.17, 15) is 29.7 Å². The highest BCUT2D eigenvalue weighted by molar-refractivity contribution is 7.09. The van der Waals surface area contributed by atoms with Gasteiger partial charge in [-0.25, -0.2) is 4.98 Å². The molecule has 0 radical (unpaired) electrons. The van der Waals surface area contributed by atoms with Gasteiger partial charge in [0.05, 0.1) is 11.8 Å². The fourth-order valence-electron chi connectivity index (χ4n) is 6.57. The maximum atomic E-state index is 14.4. The number of likely N-dealkylation sites (N-methyl/N-ethyl adjacent to an activating group) is 1. The fourth-order valence-corrected chi connectivity index (χ4v) is 7.37. The van der Waals surface area contributed by atoms with Crippen molar-refractivity contribution in [3.05, 3.63) is 58.2 Å². The topological polar surface area (TPSA) is 155 Å². The number of thiazole rings is 1. The molecule has 0 spiro atoms. The van der Waals surface area contributed by atoms with Crippen LogP contribution in [0.3, 0.4) is 0 Å². The molecule has 0 saturated heterocycles. The molecule has 1 aromatic carbocycles. The number of benzene rings is 1. The Labute approximate surface area is 315 Å². The average molecular weight is 744 g/mol. The summed E-state index contributed by atoms with van der Waals surface area (Å²) in [4.78, 5) is 49.8. The summed E-state index contributed by atoms with van der Waals surface area (Å²) in [6.07, 6.45) is 2.32. The zero-order chi connectivity index (χ0) is 39.3. The minimum atomic E-state index is -1.03. The zero-order valence-corrected chi connectivity index (χ0v) is 33.9. The van der Waals surface area contributed by atoms with Crippen LogP contribution in [0, 0.1) is 23.7 Å². The summed E-state index contributed by atoms with van der Waals surface area (Å²) < 4.78 is 0. The second-order valence-electron chi connectivity index (χ2n) is 15.0. The molecule has 2 rings (SSSR count). The highest BCUT2D eigenvalue weighted by Crippen LogP contribution is 2.29. The number of rotatable bonds is 22. The maximum absolute atomic E-state index is 14.4. The second-order valence-corrected chi connectivity index (χ2v) is 15.9. The second kappa shape index (κ2) is 21.3. The Morgan fingerprint density at radius 1 is 0.942 bits per heavy atom. The smallest absolute Gasteiger partial charge is 0.270 e. The summed E-state index contributed by atoms with van der Waals surface area (Å²) in [7, 11) is 3.77. The zero-order valence-electron chi connectivity index (χ0n) is 33.1. The van der Waals surface area contributed by atoms with Crippen LogP contribution in [0.2, 0.25) is 0 Å². The Hall–Kier alpha value is -3.48. The Morgan fingerprint density at radius 3 is 2.08 bits per heavy atom. The summed E-state index contributed by atoms with van der Waals surface area (Å²) in [5.74, 6) is -0.828.